The fourth-order valence-electron chi connectivity index (χ4n) is 1.00. The van der Waals surface area contributed by atoms with E-state index in [1.165, 1.54) is 28.1 Å². The van der Waals surface area contributed by atoms with Crippen molar-refractivity contribution in [2.45, 2.75) is 32.5 Å². The van der Waals surface area contributed by atoms with Gasteiger partial charge in [-0.1, -0.05) is 6.58 Å². The lowest BCUT2D eigenvalue weighted by atomic mass is 10.3. The monoisotopic (exact) mass is 247 g/mol. The molecule has 0 aliphatic carbocycles. The Morgan fingerprint density at radius 3 is 2.29 bits per heavy atom. The minimum atomic E-state index is -0.854. The maximum atomic E-state index is 11.3. The van der Waals surface area contributed by atoms with Crippen molar-refractivity contribution in [3.05, 3.63) is 12.2 Å². The highest BCUT2D eigenvalue weighted by molar-refractivity contribution is 5.87. The van der Waals surface area contributed by atoms with Gasteiger partial charge in [0.25, 0.3) is 0 Å². The molecule has 0 radical (unpaired) electrons. The van der Waals surface area contributed by atoms with E-state index in [2.05, 4.69) is 11.9 Å². The third kappa shape index (κ3) is 6.38. The predicted octanol–water partition coefficient (Wildman–Crippen LogP) is 0.0211. The summed E-state index contributed by atoms with van der Waals surface area (Å²) < 4.78 is 14.9. The third-order valence-corrected chi connectivity index (χ3v) is 2.03. The molecule has 2 N–H and O–H groups in total. The number of rotatable bonds is 8. The highest BCUT2D eigenvalue weighted by Crippen LogP contribution is 2.01. The molecule has 0 spiro atoms. The number of hydrogen-bond acceptors (Lipinski definition) is 6. The SMILES string of the molecule is C=C(C)C(=O)OC(NCC(OC)OC)C(C)O. The van der Waals surface area contributed by atoms with Gasteiger partial charge in [-0.3, -0.25) is 5.32 Å². The number of carbonyl (C=O) groups excluding carboxylic acids is 1. The van der Waals surface area contributed by atoms with Gasteiger partial charge < -0.3 is 19.3 Å². The van der Waals surface area contributed by atoms with Crippen LogP contribution in [0.15, 0.2) is 12.2 Å². The van der Waals surface area contributed by atoms with Crippen molar-refractivity contribution in [1.29, 1.82) is 0 Å². The summed E-state index contributed by atoms with van der Waals surface area (Å²) in [5.74, 6) is -0.560. The van der Waals surface area contributed by atoms with Crippen molar-refractivity contribution in [3.8, 4) is 0 Å². The molecule has 0 aromatic carbocycles. The van der Waals surface area contributed by atoms with Gasteiger partial charge in [-0.2, -0.15) is 0 Å². The van der Waals surface area contributed by atoms with Gasteiger partial charge in [-0.25, -0.2) is 4.79 Å². The molecule has 17 heavy (non-hydrogen) atoms. The Labute approximate surface area is 102 Å². The van der Waals surface area contributed by atoms with Gasteiger partial charge in [0.15, 0.2) is 12.5 Å². The molecule has 0 aliphatic heterocycles. The number of methoxy groups -OCH3 is 2. The van der Waals surface area contributed by atoms with Gasteiger partial charge >= 0.3 is 5.97 Å². The van der Waals surface area contributed by atoms with E-state index >= 15 is 0 Å². The molecular formula is C11H21NO5. The van der Waals surface area contributed by atoms with Crippen molar-refractivity contribution in [2.75, 3.05) is 20.8 Å². The standard InChI is InChI=1S/C11H21NO5/c1-7(2)11(14)17-10(8(3)13)12-6-9(15-4)16-5/h8-10,12-13H,1,6H2,2-5H3. The zero-order valence-electron chi connectivity index (χ0n) is 10.7. The zero-order valence-corrected chi connectivity index (χ0v) is 10.7. The summed E-state index contributed by atoms with van der Waals surface area (Å²) in [6.07, 6.45) is -2.15. The first-order valence-corrected chi connectivity index (χ1v) is 5.25. The van der Waals surface area contributed by atoms with Gasteiger partial charge in [0.1, 0.15) is 6.10 Å². The first-order valence-electron chi connectivity index (χ1n) is 5.25. The van der Waals surface area contributed by atoms with Crippen LogP contribution >= 0.6 is 0 Å². The van der Waals surface area contributed by atoms with E-state index in [4.69, 9.17) is 14.2 Å². The minimum absolute atomic E-state index is 0.271. The van der Waals surface area contributed by atoms with E-state index in [9.17, 15) is 9.90 Å². The number of hydrogen-bond donors (Lipinski definition) is 2. The molecule has 0 bridgehead atoms. The van der Waals surface area contributed by atoms with Crippen molar-refractivity contribution in [1.82, 2.24) is 5.32 Å². The van der Waals surface area contributed by atoms with E-state index in [0.29, 0.717) is 0 Å². The van der Waals surface area contributed by atoms with Gasteiger partial charge in [-0.05, 0) is 13.8 Å². The maximum Gasteiger partial charge on any atom is 0.334 e. The Morgan fingerprint density at radius 1 is 1.41 bits per heavy atom. The molecule has 0 aromatic rings. The van der Waals surface area contributed by atoms with Crippen LogP contribution in [0.25, 0.3) is 0 Å². The van der Waals surface area contributed by atoms with Crippen LogP contribution in [0.1, 0.15) is 13.8 Å². The second-order valence-electron chi connectivity index (χ2n) is 3.66. The Balaban J connectivity index is 4.25. The van der Waals surface area contributed by atoms with Crippen LogP contribution < -0.4 is 5.32 Å². The molecule has 6 heteroatoms. The lowest BCUT2D eigenvalue weighted by molar-refractivity contribution is -0.155. The molecule has 100 valence electrons. The lowest BCUT2D eigenvalue weighted by Crippen LogP contribution is -2.45. The van der Waals surface area contributed by atoms with Gasteiger partial charge in [0, 0.05) is 26.3 Å². The number of aliphatic hydroxyl groups excluding tert-OH is 1. The van der Waals surface area contributed by atoms with Crippen LogP contribution in [0.5, 0.6) is 0 Å². The largest absolute Gasteiger partial charge is 0.440 e. The van der Waals surface area contributed by atoms with Crippen LogP contribution in [0.3, 0.4) is 0 Å². The predicted molar refractivity (Wildman–Crippen MR) is 62.2 cm³/mol. The molecule has 0 aromatic heterocycles. The van der Waals surface area contributed by atoms with E-state index in [-0.39, 0.29) is 12.1 Å². The van der Waals surface area contributed by atoms with Crippen LogP contribution in [0.2, 0.25) is 0 Å². The Kier molecular flexibility index (Phi) is 7.73. The summed E-state index contributed by atoms with van der Waals surface area (Å²) in [6.45, 7) is 6.79. The molecule has 0 heterocycles. The molecule has 0 aliphatic rings. The van der Waals surface area contributed by atoms with E-state index in [1.54, 1.807) is 0 Å². The summed E-state index contributed by atoms with van der Waals surface area (Å²) in [6, 6.07) is 0. The number of aliphatic hydroxyl groups is 1. The third-order valence-electron chi connectivity index (χ3n) is 2.03. The maximum absolute atomic E-state index is 11.3. The molecule has 0 rings (SSSR count). The van der Waals surface area contributed by atoms with E-state index in [0.717, 1.165) is 0 Å². The summed E-state index contributed by atoms with van der Waals surface area (Å²) in [7, 11) is 2.99. The van der Waals surface area contributed by atoms with Gasteiger partial charge in [0.05, 0.1) is 0 Å². The van der Waals surface area contributed by atoms with Crippen LogP contribution in [-0.4, -0.2) is 50.5 Å². The Bertz CT molecular complexity index is 250. The van der Waals surface area contributed by atoms with Gasteiger partial charge in [0.2, 0.25) is 0 Å². The first kappa shape index (κ1) is 16.1. The number of esters is 1. The van der Waals surface area contributed by atoms with Crippen molar-refractivity contribution < 1.29 is 24.1 Å². The molecule has 6 nitrogen and oxygen atoms in total. The van der Waals surface area contributed by atoms with Crippen molar-refractivity contribution in [3.63, 3.8) is 0 Å². The molecule has 2 unspecified atom stereocenters. The topological polar surface area (TPSA) is 77.0 Å². The fourth-order valence-corrected chi connectivity index (χ4v) is 1.00. The molecular weight excluding hydrogens is 226 g/mol. The smallest absolute Gasteiger partial charge is 0.334 e. The number of nitrogens with one attached hydrogen (secondary N) is 1. The molecule has 0 saturated carbocycles. The van der Waals surface area contributed by atoms with Crippen LogP contribution in [0.4, 0.5) is 0 Å². The molecule has 2 atom stereocenters. The summed E-state index contributed by atoms with van der Waals surface area (Å²) in [5.41, 5.74) is 0.271. The highest BCUT2D eigenvalue weighted by atomic mass is 16.7. The second-order valence-corrected chi connectivity index (χ2v) is 3.66. The number of carbonyl (C=O) groups is 1. The van der Waals surface area contributed by atoms with Gasteiger partial charge in [-0.15, -0.1) is 0 Å². The van der Waals surface area contributed by atoms with E-state index in [1.807, 2.05) is 0 Å². The van der Waals surface area contributed by atoms with Crippen molar-refractivity contribution >= 4 is 5.97 Å². The van der Waals surface area contributed by atoms with Crippen molar-refractivity contribution in [2.24, 2.45) is 0 Å². The molecule has 0 saturated heterocycles. The second kappa shape index (κ2) is 8.19. The minimum Gasteiger partial charge on any atom is -0.440 e. The summed E-state index contributed by atoms with van der Waals surface area (Å²) in [4.78, 5) is 11.3. The fraction of sp³-hybridized carbons (Fsp3) is 0.727. The summed E-state index contributed by atoms with van der Waals surface area (Å²) in [5, 5.41) is 12.3. The average molecular weight is 247 g/mol. The normalized spacial score (nSPS) is 14.5. The number of ether oxygens (including phenoxy) is 3. The average Bonchev–Trinajstić information content (AvgIpc) is 2.27. The Hall–Kier alpha value is -0.950. The lowest BCUT2D eigenvalue weighted by Gasteiger charge is -2.23. The first-order chi connectivity index (χ1) is 7.92. The highest BCUT2D eigenvalue weighted by Gasteiger charge is 2.21. The Morgan fingerprint density at radius 2 is 1.94 bits per heavy atom. The zero-order chi connectivity index (χ0) is 13.4. The quantitative estimate of drug-likeness (QED) is 0.358. The molecule has 0 amide bonds. The molecule has 0 fully saturated rings. The van der Waals surface area contributed by atoms with Crippen LogP contribution in [0, 0.1) is 0 Å². The van der Waals surface area contributed by atoms with E-state index < -0.39 is 24.6 Å². The van der Waals surface area contributed by atoms with Crippen LogP contribution in [-0.2, 0) is 19.0 Å². The summed E-state index contributed by atoms with van der Waals surface area (Å²) >= 11 is 0.